The molecule has 0 N–H and O–H groups in total. The van der Waals surface area contributed by atoms with Crippen molar-refractivity contribution in [2.45, 2.75) is 52.6 Å². The Morgan fingerprint density at radius 1 is 1.24 bits per heavy atom. The molecule has 0 aromatic carbocycles. The first-order valence-electron chi connectivity index (χ1n) is 8.18. The summed E-state index contributed by atoms with van der Waals surface area (Å²) in [5.74, 6) is 2.28. The Hall–Kier alpha value is -1.06. The average Bonchev–Trinajstić information content (AvgIpc) is 3.07. The lowest BCUT2D eigenvalue weighted by molar-refractivity contribution is -0.169. The van der Waals surface area contributed by atoms with Gasteiger partial charge in [-0.15, -0.1) is 0 Å². The molecule has 3 rings (SSSR count). The van der Waals surface area contributed by atoms with Crippen molar-refractivity contribution >= 4 is 11.9 Å². The highest BCUT2D eigenvalue weighted by atomic mass is 16.6. The third-order valence-electron chi connectivity index (χ3n) is 6.40. The van der Waals surface area contributed by atoms with Gasteiger partial charge in [0.25, 0.3) is 0 Å². The number of ether oxygens (including phenoxy) is 2. The van der Waals surface area contributed by atoms with Crippen molar-refractivity contribution in [3.05, 3.63) is 0 Å². The minimum atomic E-state index is -0.625. The van der Waals surface area contributed by atoms with E-state index in [4.69, 9.17) is 9.47 Å². The summed E-state index contributed by atoms with van der Waals surface area (Å²) < 4.78 is 10.8. The Balaban J connectivity index is 1.63. The zero-order chi connectivity index (χ0) is 15.4. The van der Waals surface area contributed by atoms with Crippen LogP contribution in [0.5, 0.6) is 0 Å². The molecule has 2 aliphatic carbocycles. The minimum Gasteiger partial charge on any atom is -0.465 e. The lowest BCUT2D eigenvalue weighted by Crippen LogP contribution is -2.41. The fourth-order valence-electron chi connectivity index (χ4n) is 4.59. The summed E-state index contributed by atoms with van der Waals surface area (Å²) in [7, 11) is 0. The van der Waals surface area contributed by atoms with Gasteiger partial charge in [-0.1, -0.05) is 13.8 Å². The van der Waals surface area contributed by atoms with E-state index in [0.29, 0.717) is 30.8 Å². The first-order valence-corrected chi connectivity index (χ1v) is 8.18. The van der Waals surface area contributed by atoms with Crippen LogP contribution in [0.15, 0.2) is 0 Å². The summed E-state index contributed by atoms with van der Waals surface area (Å²) >= 11 is 0. The maximum absolute atomic E-state index is 12.6. The molecule has 2 bridgehead atoms. The van der Waals surface area contributed by atoms with Crippen molar-refractivity contribution in [3.63, 3.8) is 0 Å². The van der Waals surface area contributed by atoms with E-state index in [9.17, 15) is 9.59 Å². The van der Waals surface area contributed by atoms with Gasteiger partial charge in [-0.2, -0.15) is 0 Å². The van der Waals surface area contributed by atoms with Crippen LogP contribution in [0.2, 0.25) is 0 Å². The van der Waals surface area contributed by atoms with Crippen molar-refractivity contribution in [3.8, 4) is 0 Å². The Bertz CT molecular complexity index is 454. The van der Waals surface area contributed by atoms with E-state index in [-0.39, 0.29) is 23.8 Å². The van der Waals surface area contributed by atoms with Crippen LogP contribution in [0.1, 0.15) is 47.0 Å². The van der Waals surface area contributed by atoms with Gasteiger partial charge in [0.2, 0.25) is 0 Å². The average molecular weight is 294 g/mol. The van der Waals surface area contributed by atoms with Gasteiger partial charge in [-0.25, -0.2) is 0 Å². The van der Waals surface area contributed by atoms with Crippen molar-refractivity contribution in [2.24, 2.45) is 35.5 Å². The van der Waals surface area contributed by atoms with Crippen LogP contribution in [0.3, 0.4) is 0 Å². The van der Waals surface area contributed by atoms with Crippen molar-refractivity contribution in [1.82, 2.24) is 0 Å². The van der Waals surface area contributed by atoms with Gasteiger partial charge in [-0.3, -0.25) is 9.59 Å². The van der Waals surface area contributed by atoms with Gasteiger partial charge < -0.3 is 9.47 Å². The lowest BCUT2D eigenvalue weighted by Gasteiger charge is -2.35. The normalized spacial score (nSPS) is 42.2. The van der Waals surface area contributed by atoms with E-state index >= 15 is 0 Å². The summed E-state index contributed by atoms with van der Waals surface area (Å²) in [6, 6.07) is 0. The van der Waals surface area contributed by atoms with Crippen LogP contribution in [-0.2, 0) is 19.1 Å². The maximum atomic E-state index is 12.6. The number of carbonyl (C=O) groups is 2. The molecule has 6 unspecified atom stereocenters. The number of hydrogen-bond donors (Lipinski definition) is 0. The predicted octanol–water partition coefficient (Wildman–Crippen LogP) is 2.80. The highest BCUT2D eigenvalue weighted by Crippen LogP contribution is 2.55. The molecular weight excluding hydrogens is 268 g/mol. The van der Waals surface area contributed by atoms with Crippen LogP contribution in [0, 0.1) is 35.5 Å². The molecule has 1 saturated heterocycles. The summed E-state index contributed by atoms with van der Waals surface area (Å²) in [6.45, 7) is 8.74. The molecule has 2 saturated carbocycles. The molecule has 0 radical (unpaired) electrons. The molecule has 0 spiro atoms. The molecule has 3 aliphatic rings. The number of hydrogen-bond acceptors (Lipinski definition) is 4. The molecule has 3 fully saturated rings. The predicted molar refractivity (Wildman–Crippen MR) is 77.3 cm³/mol. The lowest BCUT2D eigenvalue weighted by atomic mass is 9.75. The SMILES string of the molecule is CC1C2CC(C(=O)OC(C)(C)C3COC(=O)C3)C(C2)C1C. The van der Waals surface area contributed by atoms with Crippen LogP contribution >= 0.6 is 0 Å². The van der Waals surface area contributed by atoms with Crippen LogP contribution < -0.4 is 0 Å². The number of carbonyl (C=O) groups excluding carboxylic acids is 2. The molecule has 6 atom stereocenters. The quantitative estimate of drug-likeness (QED) is 0.751. The molecule has 0 aromatic heterocycles. The van der Waals surface area contributed by atoms with Crippen LogP contribution in [0.25, 0.3) is 0 Å². The van der Waals surface area contributed by atoms with Gasteiger partial charge in [0.1, 0.15) is 5.60 Å². The topological polar surface area (TPSA) is 52.6 Å². The smallest absolute Gasteiger partial charge is 0.309 e. The first kappa shape index (κ1) is 14.9. The van der Waals surface area contributed by atoms with Gasteiger partial charge in [0.15, 0.2) is 0 Å². The zero-order valence-electron chi connectivity index (χ0n) is 13.4. The number of esters is 2. The second-order valence-corrected chi connectivity index (χ2v) is 7.83. The molecule has 1 heterocycles. The molecule has 4 nitrogen and oxygen atoms in total. The maximum Gasteiger partial charge on any atom is 0.309 e. The highest BCUT2D eigenvalue weighted by molar-refractivity contribution is 5.75. The summed E-state index contributed by atoms with van der Waals surface area (Å²) in [4.78, 5) is 23.9. The Morgan fingerprint density at radius 3 is 2.48 bits per heavy atom. The third kappa shape index (κ3) is 2.47. The van der Waals surface area contributed by atoms with Crippen LogP contribution in [0.4, 0.5) is 0 Å². The van der Waals surface area contributed by atoms with Crippen LogP contribution in [-0.4, -0.2) is 24.1 Å². The monoisotopic (exact) mass is 294 g/mol. The van der Waals surface area contributed by atoms with Gasteiger partial charge >= 0.3 is 11.9 Å². The number of rotatable bonds is 3. The Kier molecular flexibility index (Phi) is 3.53. The summed E-state index contributed by atoms with van der Waals surface area (Å²) in [6.07, 6.45) is 2.50. The van der Waals surface area contributed by atoms with Gasteiger partial charge in [0, 0.05) is 5.92 Å². The van der Waals surface area contributed by atoms with Crippen molar-refractivity contribution < 1.29 is 19.1 Å². The van der Waals surface area contributed by atoms with Crippen molar-refractivity contribution in [1.29, 1.82) is 0 Å². The van der Waals surface area contributed by atoms with E-state index in [1.807, 2.05) is 13.8 Å². The zero-order valence-corrected chi connectivity index (χ0v) is 13.4. The van der Waals surface area contributed by atoms with E-state index < -0.39 is 5.60 Å². The standard InChI is InChI=1S/C17H26O4/c1-9-10(2)13-5-11(9)6-14(13)16(19)21-17(3,4)12-7-15(18)20-8-12/h9-14H,5-8H2,1-4H3. The Morgan fingerprint density at radius 2 is 1.95 bits per heavy atom. The largest absolute Gasteiger partial charge is 0.465 e. The third-order valence-corrected chi connectivity index (χ3v) is 6.40. The summed E-state index contributed by atoms with van der Waals surface area (Å²) in [5, 5.41) is 0. The molecule has 1 aliphatic heterocycles. The molecule has 21 heavy (non-hydrogen) atoms. The highest BCUT2D eigenvalue weighted by Gasteiger charge is 2.53. The first-order chi connectivity index (χ1) is 9.79. The number of fused-ring (bicyclic) bond motifs is 2. The molecular formula is C17H26O4. The Labute approximate surface area is 126 Å². The van der Waals surface area contributed by atoms with Gasteiger partial charge in [-0.05, 0) is 50.4 Å². The second-order valence-electron chi connectivity index (χ2n) is 7.83. The molecule has 0 aromatic rings. The molecule has 4 heteroatoms. The molecule has 118 valence electrons. The number of cyclic esters (lactones) is 1. The fourth-order valence-corrected chi connectivity index (χ4v) is 4.59. The van der Waals surface area contributed by atoms with E-state index in [1.54, 1.807) is 0 Å². The second kappa shape index (κ2) is 4.99. The molecule has 0 amide bonds. The fraction of sp³-hybridized carbons (Fsp3) is 0.882. The van der Waals surface area contributed by atoms with Crippen molar-refractivity contribution in [2.75, 3.05) is 6.61 Å². The summed E-state index contributed by atoms with van der Waals surface area (Å²) in [5.41, 5.74) is -0.625. The van der Waals surface area contributed by atoms with E-state index in [1.165, 1.54) is 6.42 Å². The van der Waals surface area contributed by atoms with E-state index in [0.717, 1.165) is 12.3 Å². The van der Waals surface area contributed by atoms with Gasteiger partial charge in [0.05, 0.1) is 18.9 Å². The van der Waals surface area contributed by atoms with E-state index in [2.05, 4.69) is 13.8 Å². The minimum absolute atomic E-state index is 0.0242.